The Balaban J connectivity index is 1.48. The molecule has 0 radical (unpaired) electrons. The van der Waals surface area contributed by atoms with Crippen molar-refractivity contribution in [3.05, 3.63) is 47.8 Å². The molecule has 0 unspecified atom stereocenters. The molecule has 1 fully saturated rings. The van der Waals surface area contributed by atoms with Crippen LogP contribution in [0.2, 0.25) is 0 Å². The van der Waals surface area contributed by atoms with Gasteiger partial charge < -0.3 is 9.47 Å². The lowest BCUT2D eigenvalue weighted by molar-refractivity contribution is -0.0201. The van der Waals surface area contributed by atoms with E-state index in [2.05, 4.69) is 23.8 Å². The van der Waals surface area contributed by atoms with Gasteiger partial charge in [-0.05, 0) is 62.6 Å². The van der Waals surface area contributed by atoms with Crippen molar-refractivity contribution < 1.29 is 14.3 Å². The number of carbonyl (C=O) groups excluding carboxylic acids is 1. The third-order valence-electron chi connectivity index (χ3n) is 5.65. The maximum Gasteiger partial charge on any atom is 0.338 e. The molecule has 0 aliphatic heterocycles. The number of nitrogens with zero attached hydrogens (tertiary/aromatic N) is 2. The van der Waals surface area contributed by atoms with Gasteiger partial charge in [0.1, 0.15) is 6.10 Å². The molecule has 0 bridgehead atoms. The van der Waals surface area contributed by atoms with Crippen LogP contribution in [-0.2, 0) is 15.9 Å². The molecular formula is C25H34N2O3. The summed E-state index contributed by atoms with van der Waals surface area (Å²) in [6, 6.07) is 7.36. The lowest BCUT2D eigenvalue weighted by atomic mass is 9.95. The third kappa shape index (κ3) is 6.63. The molecule has 1 aromatic carbocycles. The third-order valence-corrected chi connectivity index (χ3v) is 5.65. The predicted octanol–water partition coefficient (Wildman–Crippen LogP) is 5.77. The minimum Gasteiger partial charge on any atom is -0.459 e. The van der Waals surface area contributed by atoms with Crippen LogP contribution in [0.4, 0.5) is 0 Å². The summed E-state index contributed by atoms with van der Waals surface area (Å²) in [5.74, 6) is 0.421. The molecule has 5 nitrogen and oxygen atoms in total. The lowest BCUT2D eigenvalue weighted by Crippen LogP contribution is -2.28. The van der Waals surface area contributed by atoms with Crippen molar-refractivity contribution in [3.63, 3.8) is 0 Å². The Morgan fingerprint density at radius 2 is 1.57 bits per heavy atom. The SMILES string of the molecule is CCCCOC1CCC(OC(=O)c2ccc(-c3ncc(CCCC)cn3)cc2)CC1. The molecule has 1 heterocycles. The lowest BCUT2D eigenvalue weighted by Gasteiger charge is -2.28. The Labute approximate surface area is 180 Å². The fourth-order valence-electron chi connectivity index (χ4n) is 3.70. The van der Waals surface area contributed by atoms with Crippen LogP contribution in [0.5, 0.6) is 0 Å². The average Bonchev–Trinajstić information content (AvgIpc) is 2.79. The first-order chi connectivity index (χ1) is 14.7. The van der Waals surface area contributed by atoms with E-state index in [1.54, 1.807) is 12.1 Å². The molecule has 1 aliphatic rings. The number of unbranched alkanes of at least 4 members (excludes halogenated alkanes) is 2. The Morgan fingerprint density at radius 3 is 2.20 bits per heavy atom. The smallest absolute Gasteiger partial charge is 0.338 e. The molecule has 0 saturated heterocycles. The van der Waals surface area contributed by atoms with Gasteiger partial charge in [0.25, 0.3) is 0 Å². The first-order valence-corrected chi connectivity index (χ1v) is 11.4. The summed E-state index contributed by atoms with van der Waals surface area (Å²) in [5, 5.41) is 0. The second-order valence-corrected chi connectivity index (χ2v) is 8.12. The highest BCUT2D eigenvalue weighted by Gasteiger charge is 2.24. The van der Waals surface area contributed by atoms with E-state index in [1.165, 1.54) is 0 Å². The highest BCUT2D eigenvalue weighted by molar-refractivity contribution is 5.90. The van der Waals surface area contributed by atoms with E-state index in [0.717, 1.165) is 75.5 Å². The zero-order valence-corrected chi connectivity index (χ0v) is 18.3. The number of esters is 1. The van der Waals surface area contributed by atoms with Gasteiger partial charge in [-0.25, -0.2) is 14.8 Å². The topological polar surface area (TPSA) is 61.3 Å². The minimum absolute atomic E-state index is 0.0119. The summed E-state index contributed by atoms with van der Waals surface area (Å²) >= 11 is 0. The summed E-state index contributed by atoms with van der Waals surface area (Å²) in [6.45, 7) is 5.18. The Morgan fingerprint density at radius 1 is 0.933 bits per heavy atom. The first kappa shape index (κ1) is 22.4. The maximum atomic E-state index is 12.5. The van der Waals surface area contributed by atoms with Crippen molar-refractivity contribution in [1.82, 2.24) is 9.97 Å². The number of carbonyl (C=O) groups is 1. The van der Waals surface area contributed by atoms with Crippen molar-refractivity contribution in [2.24, 2.45) is 0 Å². The molecule has 1 aliphatic carbocycles. The summed E-state index contributed by atoms with van der Waals surface area (Å²) < 4.78 is 11.6. The van der Waals surface area contributed by atoms with Crippen LogP contribution in [0.25, 0.3) is 11.4 Å². The summed E-state index contributed by atoms with van der Waals surface area (Å²) in [5.41, 5.74) is 2.63. The first-order valence-electron chi connectivity index (χ1n) is 11.4. The number of hydrogen-bond donors (Lipinski definition) is 0. The van der Waals surface area contributed by atoms with Gasteiger partial charge in [-0.2, -0.15) is 0 Å². The number of aromatic nitrogens is 2. The van der Waals surface area contributed by atoms with Crippen LogP contribution in [0.1, 0.15) is 81.1 Å². The van der Waals surface area contributed by atoms with E-state index in [9.17, 15) is 4.79 Å². The van der Waals surface area contributed by atoms with E-state index in [0.29, 0.717) is 17.5 Å². The number of hydrogen-bond acceptors (Lipinski definition) is 5. The zero-order chi connectivity index (χ0) is 21.2. The van der Waals surface area contributed by atoms with E-state index >= 15 is 0 Å². The minimum atomic E-state index is -0.257. The van der Waals surface area contributed by atoms with E-state index < -0.39 is 0 Å². The van der Waals surface area contributed by atoms with Crippen molar-refractivity contribution in [1.29, 1.82) is 0 Å². The molecule has 162 valence electrons. The molecule has 0 amide bonds. The standard InChI is InChI=1S/C25H34N2O3/c1-3-5-7-19-17-26-24(27-18-19)20-8-10-21(11-9-20)25(28)30-23-14-12-22(13-15-23)29-16-6-4-2/h8-11,17-18,22-23H,3-7,12-16H2,1-2H3. The van der Waals surface area contributed by atoms with E-state index in [4.69, 9.17) is 9.47 Å². The van der Waals surface area contributed by atoms with Crippen LogP contribution in [0.15, 0.2) is 36.7 Å². The fraction of sp³-hybridized carbons (Fsp3) is 0.560. The van der Waals surface area contributed by atoms with Crippen LogP contribution >= 0.6 is 0 Å². The van der Waals surface area contributed by atoms with Gasteiger partial charge in [-0.1, -0.05) is 38.8 Å². The van der Waals surface area contributed by atoms with Gasteiger partial charge in [0.2, 0.25) is 0 Å². The van der Waals surface area contributed by atoms with Gasteiger partial charge >= 0.3 is 5.97 Å². The number of ether oxygens (including phenoxy) is 2. The molecule has 3 rings (SSSR count). The molecule has 1 aromatic heterocycles. The molecular weight excluding hydrogens is 376 g/mol. The Hall–Kier alpha value is -2.27. The van der Waals surface area contributed by atoms with Gasteiger partial charge in [0.15, 0.2) is 5.82 Å². The Kier molecular flexibility index (Phi) is 8.81. The van der Waals surface area contributed by atoms with Gasteiger partial charge in [-0.3, -0.25) is 0 Å². The predicted molar refractivity (Wildman–Crippen MR) is 118 cm³/mol. The summed E-state index contributed by atoms with van der Waals surface area (Å²) in [4.78, 5) is 21.4. The van der Waals surface area contributed by atoms with Crippen molar-refractivity contribution in [2.75, 3.05) is 6.61 Å². The maximum absolute atomic E-state index is 12.5. The molecule has 5 heteroatoms. The largest absolute Gasteiger partial charge is 0.459 e. The summed E-state index contributed by atoms with van der Waals surface area (Å²) in [7, 11) is 0. The fourth-order valence-corrected chi connectivity index (χ4v) is 3.70. The van der Waals surface area contributed by atoms with Crippen LogP contribution in [0.3, 0.4) is 0 Å². The molecule has 0 atom stereocenters. The normalized spacial score (nSPS) is 18.9. The van der Waals surface area contributed by atoms with Crippen molar-refractivity contribution >= 4 is 5.97 Å². The van der Waals surface area contributed by atoms with Gasteiger partial charge in [0.05, 0.1) is 11.7 Å². The monoisotopic (exact) mass is 410 g/mol. The molecule has 1 saturated carbocycles. The van der Waals surface area contributed by atoms with Gasteiger partial charge in [0, 0.05) is 24.6 Å². The Bertz CT molecular complexity index is 766. The zero-order valence-electron chi connectivity index (χ0n) is 18.3. The van der Waals surface area contributed by atoms with Crippen LogP contribution in [0, 0.1) is 0 Å². The van der Waals surface area contributed by atoms with Crippen molar-refractivity contribution in [2.45, 2.75) is 83.8 Å². The summed E-state index contributed by atoms with van der Waals surface area (Å²) in [6.07, 6.45) is 13.3. The molecule has 30 heavy (non-hydrogen) atoms. The quantitative estimate of drug-likeness (QED) is 0.367. The number of benzene rings is 1. The van der Waals surface area contributed by atoms with Crippen molar-refractivity contribution in [3.8, 4) is 11.4 Å². The highest BCUT2D eigenvalue weighted by atomic mass is 16.5. The van der Waals surface area contributed by atoms with Crippen LogP contribution < -0.4 is 0 Å². The molecule has 2 aromatic rings. The van der Waals surface area contributed by atoms with E-state index in [-0.39, 0.29) is 12.1 Å². The second kappa shape index (κ2) is 11.8. The van der Waals surface area contributed by atoms with Crippen LogP contribution in [-0.4, -0.2) is 34.8 Å². The van der Waals surface area contributed by atoms with E-state index in [1.807, 2.05) is 24.5 Å². The number of rotatable bonds is 10. The van der Waals surface area contributed by atoms with Gasteiger partial charge in [-0.15, -0.1) is 0 Å². The molecule has 0 N–H and O–H groups in total. The highest BCUT2D eigenvalue weighted by Crippen LogP contribution is 2.25. The number of aryl methyl sites for hydroxylation is 1. The molecule has 0 spiro atoms. The second-order valence-electron chi connectivity index (χ2n) is 8.12. The average molecular weight is 411 g/mol.